The van der Waals surface area contributed by atoms with Gasteiger partial charge < -0.3 is 10.8 Å². The highest BCUT2D eigenvalue weighted by Gasteiger charge is 2.47. The van der Waals surface area contributed by atoms with Gasteiger partial charge in [-0.15, -0.1) is 11.8 Å². The highest BCUT2D eigenvalue weighted by molar-refractivity contribution is 7.99. The lowest BCUT2D eigenvalue weighted by atomic mass is 9.60. The van der Waals surface area contributed by atoms with Gasteiger partial charge in [-0.1, -0.05) is 38.5 Å². The number of hydrogen-bond acceptors (Lipinski definition) is 3. The molecule has 2 rings (SSSR count). The van der Waals surface area contributed by atoms with Crippen molar-refractivity contribution in [1.82, 2.24) is 0 Å². The van der Waals surface area contributed by atoms with Crippen molar-refractivity contribution >= 4 is 11.8 Å². The number of hydrogen-bond donors (Lipinski definition) is 2. The van der Waals surface area contributed by atoms with Crippen LogP contribution in [0.4, 0.5) is 0 Å². The molecule has 20 heavy (non-hydrogen) atoms. The van der Waals surface area contributed by atoms with E-state index >= 15 is 0 Å². The number of nitrogens with two attached hydrogens (primary N) is 1. The zero-order chi connectivity index (χ0) is 14.6. The van der Waals surface area contributed by atoms with E-state index in [1.54, 1.807) is 0 Å². The largest absolute Gasteiger partial charge is 0.392 e. The lowest BCUT2D eigenvalue weighted by Crippen LogP contribution is -2.52. The molecule has 0 radical (unpaired) electrons. The fourth-order valence-electron chi connectivity index (χ4n) is 3.46. The van der Waals surface area contributed by atoms with Crippen molar-refractivity contribution in [1.29, 1.82) is 0 Å². The van der Waals surface area contributed by atoms with Gasteiger partial charge in [0.2, 0.25) is 0 Å². The summed E-state index contributed by atoms with van der Waals surface area (Å²) in [7, 11) is 0. The van der Waals surface area contributed by atoms with Gasteiger partial charge in [-0.25, -0.2) is 0 Å². The van der Waals surface area contributed by atoms with Crippen molar-refractivity contribution in [3.8, 4) is 0 Å². The Morgan fingerprint density at radius 3 is 2.60 bits per heavy atom. The van der Waals surface area contributed by atoms with Crippen molar-refractivity contribution in [3.63, 3.8) is 0 Å². The number of aliphatic hydroxyl groups excluding tert-OH is 1. The van der Waals surface area contributed by atoms with Crippen LogP contribution in [0.1, 0.15) is 39.5 Å². The standard InChI is InChI=1S/C17H27NOS/c1-16(2)9-6-10-17(13-18,15(16)19)11-12-20-14-7-4-3-5-8-14/h3-5,7-8,15,19H,6,9-13,18H2,1-2H3. The van der Waals surface area contributed by atoms with Crippen molar-refractivity contribution in [2.75, 3.05) is 12.3 Å². The third-order valence-electron chi connectivity index (χ3n) is 4.83. The number of thioether (sulfide) groups is 1. The maximum atomic E-state index is 10.8. The second kappa shape index (κ2) is 6.50. The molecule has 0 aromatic heterocycles. The topological polar surface area (TPSA) is 46.2 Å². The van der Waals surface area contributed by atoms with Gasteiger partial charge in [0.25, 0.3) is 0 Å². The Bertz CT molecular complexity index is 420. The van der Waals surface area contributed by atoms with E-state index in [0.717, 1.165) is 25.0 Å². The van der Waals surface area contributed by atoms with Crippen LogP contribution in [0.15, 0.2) is 35.2 Å². The maximum Gasteiger partial charge on any atom is 0.0659 e. The van der Waals surface area contributed by atoms with Crippen molar-refractivity contribution in [2.24, 2.45) is 16.6 Å². The molecule has 0 aliphatic heterocycles. The fourth-order valence-corrected chi connectivity index (χ4v) is 4.56. The highest BCUT2D eigenvalue weighted by atomic mass is 32.2. The lowest BCUT2D eigenvalue weighted by molar-refractivity contribution is -0.0898. The zero-order valence-corrected chi connectivity index (χ0v) is 13.5. The first-order valence-electron chi connectivity index (χ1n) is 7.56. The second-order valence-corrected chi connectivity index (χ2v) is 7.89. The lowest BCUT2D eigenvalue weighted by Gasteiger charge is -2.49. The predicted molar refractivity (Wildman–Crippen MR) is 86.9 cm³/mol. The third-order valence-corrected chi connectivity index (χ3v) is 5.85. The normalized spacial score (nSPS) is 29.3. The van der Waals surface area contributed by atoms with E-state index in [9.17, 15) is 5.11 Å². The molecule has 1 fully saturated rings. The molecule has 3 heteroatoms. The fraction of sp³-hybridized carbons (Fsp3) is 0.647. The van der Waals surface area contributed by atoms with Crippen molar-refractivity contribution in [2.45, 2.75) is 50.5 Å². The summed E-state index contributed by atoms with van der Waals surface area (Å²) >= 11 is 1.86. The van der Waals surface area contributed by atoms with Crippen LogP contribution in [-0.2, 0) is 0 Å². The molecular formula is C17H27NOS. The summed E-state index contributed by atoms with van der Waals surface area (Å²) in [6.07, 6.45) is 4.04. The van der Waals surface area contributed by atoms with Gasteiger partial charge in [0.05, 0.1) is 6.10 Å². The van der Waals surface area contributed by atoms with Crippen LogP contribution >= 0.6 is 11.8 Å². The Balaban J connectivity index is 1.97. The van der Waals surface area contributed by atoms with E-state index in [0.29, 0.717) is 6.54 Å². The highest BCUT2D eigenvalue weighted by Crippen LogP contribution is 2.48. The van der Waals surface area contributed by atoms with Crippen molar-refractivity contribution < 1.29 is 5.11 Å². The molecular weight excluding hydrogens is 266 g/mol. The van der Waals surface area contributed by atoms with E-state index in [2.05, 4.69) is 38.1 Å². The van der Waals surface area contributed by atoms with Crippen LogP contribution in [-0.4, -0.2) is 23.5 Å². The SMILES string of the molecule is CC1(C)CCCC(CN)(CCSc2ccccc2)C1O. The number of rotatable bonds is 5. The molecule has 0 saturated heterocycles. The van der Waals surface area contributed by atoms with Crippen LogP contribution in [0.25, 0.3) is 0 Å². The molecule has 1 aliphatic rings. The average molecular weight is 293 g/mol. The predicted octanol–water partition coefficient (Wildman–Crippen LogP) is 3.68. The summed E-state index contributed by atoms with van der Waals surface area (Å²) in [5, 5.41) is 10.8. The minimum Gasteiger partial charge on any atom is -0.392 e. The van der Waals surface area contributed by atoms with Crippen LogP contribution < -0.4 is 5.73 Å². The molecule has 0 bridgehead atoms. The molecule has 2 atom stereocenters. The Kier molecular flexibility index (Phi) is 5.16. The summed E-state index contributed by atoms with van der Waals surface area (Å²) in [5.41, 5.74) is 5.96. The Morgan fingerprint density at radius 2 is 1.95 bits per heavy atom. The quantitative estimate of drug-likeness (QED) is 0.814. The molecule has 0 heterocycles. The molecule has 1 saturated carbocycles. The molecule has 1 aromatic rings. The van der Waals surface area contributed by atoms with Gasteiger partial charge in [-0.2, -0.15) is 0 Å². The summed E-state index contributed by atoms with van der Waals surface area (Å²) < 4.78 is 0. The van der Waals surface area contributed by atoms with Crippen LogP contribution in [0, 0.1) is 10.8 Å². The van der Waals surface area contributed by atoms with E-state index < -0.39 is 0 Å². The van der Waals surface area contributed by atoms with Crippen molar-refractivity contribution in [3.05, 3.63) is 30.3 Å². The summed E-state index contributed by atoms with van der Waals surface area (Å²) in [6, 6.07) is 10.5. The molecule has 2 unspecified atom stereocenters. The van der Waals surface area contributed by atoms with E-state index in [-0.39, 0.29) is 16.9 Å². The number of aliphatic hydroxyl groups is 1. The molecule has 1 aliphatic carbocycles. The molecule has 0 amide bonds. The first-order valence-corrected chi connectivity index (χ1v) is 8.55. The van der Waals surface area contributed by atoms with E-state index in [1.165, 1.54) is 11.3 Å². The van der Waals surface area contributed by atoms with Gasteiger partial charge in [0, 0.05) is 16.9 Å². The summed E-state index contributed by atoms with van der Waals surface area (Å²) in [6.45, 7) is 4.93. The molecule has 2 nitrogen and oxygen atoms in total. The van der Waals surface area contributed by atoms with Gasteiger partial charge >= 0.3 is 0 Å². The molecule has 1 aromatic carbocycles. The Morgan fingerprint density at radius 1 is 1.25 bits per heavy atom. The first kappa shape index (κ1) is 15.9. The van der Waals surface area contributed by atoms with Crippen LogP contribution in [0.3, 0.4) is 0 Å². The molecule has 3 N–H and O–H groups in total. The molecule has 112 valence electrons. The van der Waals surface area contributed by atoms with Gasteiger partial charge in [0.1, 0.15) is 0 Å². The van der Waals surface area contributed by atoms with E-state index in [4.69, 9.17) is 5.73 Å². The van der Waals surface area contributed by atoms with E-state index in [1.807, 2.05) is 17.8 Å². The minimum atomic E-state index is -0.287. The number of benzene rings is 1. The minimum absolute atomic E-state index is 0.00493. The average Bonchev–Trinajstić information content (AvgIpc) is 2.45. The zero-order valence-electron chi connectivity index (χ0n) is 12.6. The smallest absolute Gasteiger partial charge is 0.0659 e. The van der Waals surface area contributed by atoms with Crippen LogP contribution in [0.2, 0.25) is 0 Å². The first-order chi connectivity index (χ1) is 9.50. The second-order valence-electron chi connectivity index (χ2n) is 6.72. The van der Waals surface area contributed by atoms with Crippen LogP contribution in [0.5, 0.6) is 0 Å². The third kappa shape index (κ3) is 3.38. The maximum absolute atomic E-state index is 10.8. The Hall–Kier alpha value is -0.510. The molecule has 0 spiro atoms. The Labute approximate surface area is 127 Å². The monoisotopic (exact) mass is 293 g/mol. The van der Waals surface area contributed by atoms with Gasteiger partial charge in [-0.05, 0) is 42.6 Å². The van der Waals surface area contributed by atoms with Gasteiger partial charge in [-0.3, -0.25) is 0 Å². The summed E-state index contributed by atoms with van der Waals surface area (Å²) in [4.78, 5) is 1.30. The summed E-state index contributed by atoms with van der Waals surface area (Å²) in [5.74, 6) is 1.02. The van der Waals surface area contributed by atoms with Gasteiger partial charge in [0.15, 0.2) is 0 Å².